The maximum absolute atomic E-state index is 12.0. The molecule has 1 amide bonds. The van der Waals surface area contributed by atoms with Crippen LogP contribution in [0.15, 0.2) is 18.2 Å². The van der Waals surface area contributed by atoms with Gasteiger partial charge in [0.05, 0.1) is 0 Å². The predicted octanol–water partition coefficient (Wildman–Crippen LogP) is 2.11. The second kappa shape index (κ2) is 5.11. The van der Waals surface area contributed by atoms with Gasteiger partial charge >= 0.3 is 0 Å². The molecule has 0 bridgehead atoms. The summed E-state index contributed by atoms with van der Waals surface area (Å²) in [4.78, 5) is 12.0. The normalized spacial score (nSPS) is 18.9. The van der Waals surface area contributed by atoms with Crippen molar-refractivity contribution in [1.29, 1.82) is 0 Å². The first-order valence-corrected chi connectivity index (χ1v) is 6.94. The average molecular weight is 244 g/mol. The van der Waals surface area contributed by atoms with E-state index in [9.17, 15) is 4.79 Å². The van der Waals surface area contributed by atoms with E-state index in [0.717, 1.165) is 31.6 Å². The van der Waals surface area contributed by atoms with E-state index < -0.39 is 0 Å². The Bertz CT molecular complexity index is 452. The van der Waals surface area contributed by atoms with Crippen LogP contribution in [0.25, 0.3) is 0 Å². The fraction of sp³-hybridized carbons (Fsp3) is 0.533. The molecule has 1 saturated heterocycles. The van der Waals surface area contributed by atoms with E-state index in [-0.39, 0.29) is 5.91 Å². The number of aryl methyl sites for hydroxylation is 1. The molecule has 3 nitrogen and oxygen atoms in total. The summed E-state index contributed by atoms with van der Waals surface area (Å²) in [7, 11) is 0. The molecule has 3 rings (SSSR count). The molecule has 0 aromatic heterocycles. The topological polar surface area (TPSA) is 41.1 Å². The number of anilines is 1. The zero-order valence-corrected chi connectivity index (χ0v) is 10.7. The first-order chi connectivity index (χ1) is 8.83. The smallest absolute Gasteiger partial charge is 0.224 e. The first kappa shape index (κ1) is 11.7. The number of amides is 1. The van der Waals surface area contributed by atoms with Crippen LogP contribution >= 0.6 is 0 Å². The number of hydrogen-bond donors (Lipinski definition) is 2. The quantitative estimate of drug-likeness (QED) is 0.855. The molecule has 0 radical (unpaired) electrons. The third kappa shape index (κ3) is 2.41. The van der Waals surface area contributed by atoms with Gasteiger partial charge in [-0.05, 0) is 61.9 Å². The molecule has 1 aromatic rings. The van der Waals surface area contributed by atoms with Gasteiger partial charge in [0.1, 0.15) is 0 Å². The largest absolute Gasteiger partial charge is 0.326 e. The van der Waals surface area contributed by atoms with Crippen molar-refractivity contribution in [2.75, 3.05) is 18.4 Å². The predicted molar refractivity (Wildman–Crippen MR) is 72.7 cm³/mol. The summed E-state index contributed by atoms with van der Waals surface area (Å²) >= 11 is 0. The summed E-state index contributed by atoms with van der Waals surface area (Å²) in [6.07, 6.45) is 5.43. The Kier molecular flexibility index (Phi) is 3.33. The fourth-order valence-electron chi connectivity index (χ4n) is 2.85. The van der Waals surface area contributed by atoms with Crippen LogP contribution in [-0.2, 0) is 17.6 Å². The number of carbonyl (C=O) groups is 1. The molecule has 1 aliphatic carbocycles. The molecule has 96 valence electrons. The Balaban J connectivity index is 1.69. The summed E-state index contributed by atoms with van der Waals surface area (Å²) in [6.45, 7) is 1.97. The van der Waals surface area contributed by atoms with Crippen molar-refractivity contribution in [2.45, 2.75) is 32.1 Å². The van der Waals surface area contributed by atoms with Gasteiger partial charge in [-0.15, -0.1) is 0 Å². The molecule has 1 fully saturated rings. The number of carbonyl (C=O) groups excluding carboxylic acids is 1. The van der Waals surface area contributed by atoms with Crippen LogP contribution in [0.4, 0.5) is 5.69 Å². The number of benzene rings is 1. The van der Waals surface area contributed by atoms with Gasteiger partial charge in [-0.3, -0.25) is 4.79 Å². The fourth-order valence-corrected chi connectivity index (χ4v) is 2.85. The van der Waals surface area contributed by atoms with Crippen molar-refractivity contribution >= 4 is 11.6 Å². The minimum absolute atomic E-state index is 0.167. The van der Waals surface area contributed by atoms with Gasteiger partial charge in [0.15, 0.2) is 0 Å². The lowest BCUT2D eigenvalue weighted by Gasteiger charge is -2.26. The van der Waals surface area contributed by atoms with E-state index in [1.54, 1.807) is 0 Å². The van der Waals surface area contributed by atoms with Gasteiger partial charge in [0, 0.05) is 12.1 Å². The standard InChI is InChI=1S/C15H20N2O/c18-15(8-11-9-16-10-11)17-14-7-3-5-12-4-1-2-6-13(12)14/h3,5,7,11,16H,1-2,4,6,8-10H2,(H,17,18). The second-order valence-electron chi connectivity index (χ2n) is 5.43. The molecule has 0 atom stereocenters. The lowest BCUT2D eigenvalue weighted by molar-refractivity contribution is -0.117. The third-order valence-electron chi connectivity index (χ3n) is 4.01. The Morgan fingerprint density at radius 3 is 2.89 bits per heavy atom. The number of fused-ring (bicyclic) bond motifs is 1. The van der Waals surface area contributed by atoms with E-state index in [0.29, 0.717) is 12.3 Å². The van der Waals surface area contributed by atoms with Crippen LogP contribution < -0.4 is 10.6 Å². The molecule has 1 aromatic carbocycles. The minimum Gasteiger partial charge on any atom is -0.326 e. The number of rotatable bonds is 3. The van der Waals surface area contributed by atoms with Crippen molar-refractivity contribution in [2.24, 2.45) is 5.92 Å². The summed E-state index contributed by atoms with van der Waals surface area (Å²) < 4.78 is 0. The summed E-state index contributed by atoms with van der Waals surface area (Å²) in [5.74, 6) is 0.699. The monoisotopic (exact) mass is 244 g/mol. The Hall–Kier alpha value is -1.35. The molecule has 0 spiro atoms. The van der Waals surface area contributed by atoms with Crippen LogP contribution in [0, 0.1) is 5.92 Å². The molecule has 0 unspecified atom stereocenters. The van der Waals surface area contributed by atoms with Gasteiger partial charge in [-0.1, -0.05) is 12.1 Å². The zero-order valence-electron chi connectivity index (χ0n) is 10.7. The Morgan fingerprint density at radius 2 is 2.11 bits per heavy atom. The summed E-state index contributed by atoms with van der Waals surface area (Å²) in [6, 6.07) is 6.30. The molecule has 18 heavy (non-hydrogen) atoms. The second-order valence-corrected chi connectivity index (χ2v) is 5.43. The van der Waals surface area contributed by atoms with Crippen molar-refractivity contribution in [3.05, 3.63) is 29.3 Å². The summed E-state index contributed by atoms with van der Waals surface area (Å²) in [5.41, 5.74) is 3.83. The Labute approximate surface area is 108 Å². The van der Waals surface area contributed by atoms with Crippen LogP contribution in [0.2, 0.25) is 0 Å². The highest BCUT2D eigenvalue weighted by Crippen LogP contribution is 2.28. The molecular formula is C15H20N2O. The minimum atomic E-state index is 0.167. The van der Waals surface area contributed by atoms with Crippen molar-refractivity contribution < 1.29 is 4.79 Å². The molecule has 2 N–H and O–H groups in total. The van der Waals surface area contributed by atoms with E-state index >= 15 is 0 Å². The first-order valence-electron chi connectivity index (χ1n) is 6.94. The van der Waals surface area contributed by atoms with Crippen molar-refractivity contribution in [1.82, 2.24) is 5.32 Å². The number of hydrogen-bond acceptors (Lipinski definition) is 2. The van der Waals surface area contributed by atoms with Crippen LogP contribution in [0.1, 0.15) is 30.4 Å². The zero-order chi connectivity index (χ0) is 12.4. The molecular weight excluding hydrogens is 224 g/mol. The lowest BCUT2D eigenvalue weighted by Crippen LogP contribution is -2.43. The third-order valence-corrected chi connectivity index (χ3v) is 4.01. The lowest BCUT2D eigenvalue weighted by atomic mass is 9.90. The SMILES string of the molecule is O=C(CC1CNC1)Nc1cccc2c1CCCC2. The molecule has 2 aliphatic rings. The maximum Gasteiger partial charge on any atom is 0.224 e. The number of nitrogens with one attached hydrogen (secondary N) is 2. The van der Waals surface area contributed by atoms with E-state index in [2.05, 4.69) is 22.8 Å². The highest BCUT2D eigenvalue weighted by Gasteiger charge is 2.21. The van der Waals surface area contributed by atoms with Gasteiger partial charge < -0.3 is 10.6 Å². The van der Waals surface area contributed by atoms with Gasteiger partial charge in [-0.2, -0.15) is 0 Å². The van der Waals surface area contributed by atoms with E-state index in [1.165, 1.54) is 24.0 Å². The average Bonchev–Trinajstić information content (AvgIpc) is 2.34. The molecule has 0 saturated carbocycles. The maximum atomic E-state index is 12.0. The van der Waals surface area contributed by atoms with Crippen LogP contribution in [-0.4, -0.2) is 19.0 Å². The summed E-state index contributed by atoms with van der Waals surface area (Å²) in [5, 5.41) is 6.30. The van der Waals surface area contributed by atoms with Gasteiger partial charge in [0.2, 0.25) is 5.91 Å². The van der Waals surface area contributed by atoms with Crippen molar-refractivity contribution in [3.8, 4) is 0 Å². The van der Waals surface area contributed by atoms with Gasteiger partial charge in [-0.25, -0.2) is 0 Å². The molecule has 1 heterocycles. The highest BCUT2D eigenvalue weighted by atomic mass is 16.1. The molecule has 3 heteroatoms. The van der Waals surface area contributed by atoms with E-state index in [4.69, 9.17) is 0 Å². The highest BCUT2D eigenvalue weighted by molar-refractivity contribution is 5.92. The molecule has 1 aliphatic heterocycles. The van der Waals surface area contributed by atoms with Crippen molar-refractivity contribution in [3.63, 3.8) is 0 Å². The Morgan fingerprint density at radius 1 is 1.28 bits per heavy atom. The van der Waals surface area contributed by atoms with Crippen LogP contribution in [0.5, 0.6) is 0 Å². The van der Waals surface area contributed by atoms with Crippen LogP contribution in [0.3, 0.4) is 0 Å². The van der Waals surface area contributed by atoms with E-state index in [1.807, 2.05) is 6.07 Å². The van der Waals surface area contributed by atoms with Gasteiger partial charge in [0.25, 0.3) is 0 Å².